The SMILES string of the molecule is CC(O)C1C(=O)NC1C(C)C(=O)N1CCNCC1. The van der Waals surface area contributed by atoms with Crippen molar-refractivity contribution in [2.24, 2.45) is 11.8 Å². The molecule has 0 aromatic rings. The fraction of sp³-hybridized carbons (Fsp3) is 0.833. The van der Waals surface area contributed by atoms with E-state index < -0.39 is 12.0 Å². The van der Waals surface area contributed by atoms with Gasteiger partial charge in [0.15, 0.2) is 0 Å². The number of nitrogens with zero attached hydrogens (tertiary/aromatic N) is 1. The van der Waals surface area contributed by atoms with Gasteiger partial charge in [-0.3, -0.25) is 9.59 Å². The average molecular weight is 255 g/mol. The number of piperazine rings is 1. The van der Waals surface area contributed by atoms with Crippen molar-refractivity contribution in [2.45, 2.75) is 26.0 Å². The van der Waals surface area contributed by atoms with E-state index in [0.29, 0.717) is 13.1 Å². The number of hydrogen-bond donors (Lipinski definition) is 3. The lowest BCUT2D eigenvalue weighted by molar-refractivity contribution is -0.148. The fourth-order valence-electron chi connectivity index (χ4n) is 2.70. The van der Waals surface area contributed by atoms with Crippen molar-refractivity contribution in [1.82, 2.24) is 15.5 Å². The van der Waals surface area contributed by atoms with Crippen LogP contribution in [0, 0.1) is 11.8 Å². The molecule has 4 unspecified atom stereocenters. The Balaban J connectivity index is 1.96. The van der Waals surface area contributed by atoms with E-state index in [2.05, 4.69) is 10.6 Å². The van der Waals surface area contributed by atoms with Crippen molar-refractivity contribution in [3.05, 3.63) is 0 Å². The topological polar surface area (TPSA) is 81.7 Å². The van der Waals surface area contributed by atoms with Gasteiger partial charge >= 0.3 is 0 Å². The maximum absolute atomic E-state index is 12.3. The highest BCUT2D eigenvalue weighted by Gasteiger charge is 2.47. The van der Waals surface area contributed by atoms with E-state index in [-0.39, 0.29) is 23.8 Å². The van der Waals surface area contributed by atoms with E-state index in [9.17, 15) is 14.7 Å². The van der Waals surface area contributed by atoms with Gasteiger partial charge in [-0.15, -0.1) is 0 Å². The molecule has 3 N–H and O–H groups in total. The van der Waals surface area contributed by atoms with Gasteiger partial charge in [0.05, 0.1) is 24.0 Å². The molecule has 6 nitrogen and oxygen atoms in total. The summed E-state index contributed by atoms with van der Waals surface area (Å²) < 4.78 is 0. The minimum Gasteiger partial charge on any atom is -0.393 e. The Kier molecular flexibility index (Phi) is 3.87. The highest BCUT2D eigenvalue weighted by molar-refractivity contribution is 5.90. The Morgan fingerprint density at radius 1 is 1.39 bits per heavy atom. The first-order valence-corrected chi connectivity index (χ1v) is 6.50. The summed E-state index contributed by atoms with van der Waals surface area (Å²) in [5, 5.41) is 15.5. The van der Waals surface area contributed by atoms with Gasteiger partial charge in [0.25, 0.3) is 0 Å². The molecule has 2 fully saturated rings. The molecule has 2 rings (SSSR count). The fourth-order valence-corrected chi connectivity index (χ4v) is 2.70. The van der Waals surface area contributed by atoms with E-state index in [1.54, 1.807) is 6.92 Å². The Hall–Kier alpha value is -1.14. The number of aliphatic hydroxyl groups is 1. The van der Waals surface area contributed by atoms with E-state index >= 15 is 0 Å². The summed E-state index contributed by atoms with van der Waals surface area (Å²) >= 11 is 0. The zero-order valence-electron chi connectivity index (χ0n) is 10.8. The Labute approximate surface area is 107 Å². The summed E-state index contributed by atoms with van der Waals surface area (Å²) in [7, 11) is 0. The van der Waals surface area contributed by atoms with Crippen LogP contribution in [0.15, 0.2) is 0 Å². The molecule has 0 aromatic heterocycles. The number of hydrogen-bond acceptors (Lipinski definition) is 4. The lowest BCUT2D eigenvalue weighted by Gasteiger charge is -2.43. The third-order valence-corrected chi connectivity index (χ3v) is 3.88. The highest BCUT2D eigenvalue weighted by Crippen LogP contribution is 2.26. The lowest BCUT2D eigenvalue weighted by Crippen LogP contribution is -2.66. The van der Waals surface area contributed by atoms with Crippen LogP contribution in [0.5, 0.6) is 0 Å². The summed E-state index contributed by atoms with van der Waals surface area (Å²) in [6.45, 7) is 6.47. The first-order valence-electron chi connectivity index (χ1n) is 6.50. The molecule has 2 aliphatic rings. The molecule has 0 saturated carbocycles. The van der Waals surface area contributed by atoms with Crippen LogP contribution in [0.25, 0.3) is 0 Å². The van der Waals surface area contributed by atoms with E-state index in [4.69, 9.17) is 0 Å². The standard InChI is InChI=1S/C12H21N3O3/c1-7(10-9(8(2)16)11(17)14-10)12(18)15-5-3-13-4-6-15/h7-10,13,16H,3-6H2,1-2H3,(H,14,17). The van der Waals surface area contributed by atoms with Gasteiger partial charge in [0, 0.05) is 26.2 Å². The minimum atomic E-state index is -0.706. The Bertz CT molecular complexity index is 339. The van der Waals surface area contributed by atoms with Gasteiger partial charge in [-0.05, 0) is 6.92 Å². The molecule has 0 aromatic carbocycles. The molecular weight excluding hydrogens is 234 g/mol. The molecule has 2 aliphatic heterocycles. The molecule has 0 bridgehead atoms. The van der Waals surface area contributed by atoms with Gasteiger partial charge in [-0.1, -0.05) is 6.92 Å². The number of nitrogens with one attached hydrogen (secondary N) is 2. The number of carbonyl (C=O) groups is 2. The number of β-lactam (4-membered cyclic amide) rings is 1. The number of rotatable bonds is 3. The number of carbonyl (C=O) groups excluding carboxylic acids is 2. The second-order valence-electron chi connectivity index (χ2n) is 5.16. The molecule has 102 valence electrons. The second kappa shape index (κ2) is 5.24. The molecule has 2 heterocycles. The van der Waals surface area contributed by atoms with Crippen molar-refractivity contribution in [2.75, 3.05) is 26.2 Å². The maximum Gasteiger partial charge on any atom is 0.228 e. The van der Waals surface area contributed by atoms with Crippen molar-refractivity contribution in [1.29, 1.82) is 0 Å². The lowest BCUT2D eigenvalue weighted by atomic mass is 9.78. The van der Waals surface area contributed by atoms with Crippen LogP contribution in [0.2, 0.25) is 0 Å². The highest BCUT2D eigenvalue weighted by atomic mass is 16.3. The van der Waals surface area contributed by atoms with E-state index in [0.717, 1.165) is 13.1 Å². The first-order chi connectivity index (χ1) is 8.52. The Morgan fingerprint density at radius 3 is 2.50 bits per heavy atom. The zero-order chi connectivity index (χ0) is 13.3. The summed E-state index contributed by atoms with van der Waals surface area (Å²) in [5.74, 6) is -0.825. The smallest absolute Gasteiger partial charge is 0.228 e. The van der Waals surface area contributed by atoms with Crippen LogP contribution in [-0.2, 0) is 9.59 Å². The molecule has 2 amide bonds. The third kappa shape index (κ3) is 2.35. The molecule has 0 radical (unpaired) electrons. The van der Waals surface area contributed by atoms with Gasteiger partial charge in [0.2, 0.25) is 11.8 Å². The van der Waals surface area contributed by atoms with Crippen LogP contribution in [0.3, 0.4) is 0 Å². The maximum atomic E-state index is 12.3. The molecule has 0 aliphatic carbocycles. The summed E-state index contributed by atoms with van der Waals surface area (Å²) in [4.78, 5) is 25.5. The van der Waals surface area contributed by atoms with Crippen LogP contribution in [0.1, 0.15) is 13.8 Å². The van der Waals surface area contributed by atoms with Gasteiger partial charge in [-0.2, -0.15) is 0 Å². The molecular formula is C12H21N3O3. The van der Waals surface area contributed by atoms with Gasteiger partial charge in [-0.25, -0.2) is 0 Å². The predicted octanol–water partition coefficient (Wildman–Crippen LogP) is -1.45. The zero-order valence-corrected chi connectivity index (χ0v) is 10.8. The number of aliphatic hydroxyl groups excluding tert-OH is 1. The van der Waals surface area contributed by atoms with Gasteiger partial charge < -0.3 is 20.6 Å². The first kappa shape index (κ1) is 13.3. The quantitative estimate of drug-likeness (QED) is 0.539. The minimum absolute atomic E-state index is 0.0622. The summed E-state index contributed by atoms with van der Waals surface area (Å²) in [5.41, 5.74) is 0. The molecule has 4 atom stereocenters. The molecule has 2 saturated heterocycles. The summed E-state index contributed by atoms with van der Waals surface area (Å²) in [6.07, 6.45) is -0.706. The van der Waals surface area contributed by atoms with Crippen LogP contribution in [0.4, 0.5) is 0 Å². The molecule has 6 heteroatoms. The Morgan fingerprint density at radius 2 is 2.00 bits per heavy atom. The normalized spacial score (nSPS) is 31.3. The second-order valence-corrected chi connectivity index (χ2v) is 5.16. The van der Waals surface area contributed by atoms with Crippen molar-refractivity contribution in [3.63, 3.8) is 0 Å². The van der Waals surface area contributed by atoms with Crippen LogP contribution < -0.4 is 10.6 Å². The largest absolute Gasteiger partial charge is 0.393 e. The summed E-state index contributed by atoms with van der Waals surface area (Å²) in [6, 6.07) is -0.236. The third-order valence-electron chi connectivity index (χ3n) is 3.88. The van der Waals surface area contributed by atoms with Crippen molar-refractivity contribution < 1.29 is 14.7 Å². The van der Waals surface area contributed by atoms with Crippen molar-refractivity contribution >= 4 is 11.8 Å². The van der Waals surface area contributed by atoms with Crippen LogP contribution >= 0.6 is 0 Å². The average Bonchev–Trinajstić information content (AvgIpc) is 2.34. The van der Waals surface area contributed by atoms with E-state index in [1.165, 1.54) is 0 Å². The molecule has 0 spiro atoms. The predicted molar refractivity (Wildman–Crippen MR) is 65.7 cm³/mol. The molecule has 18 heavy (non-hydrogen) atoms. The number of amides is 2. The van der Waals surface area contributed by atoms with Crippen molar-refractivity contribution in [3.8, 4) is 0 Å². The van der Waals surface area contributed by atoms with E-state index in [1.807, 2.05) is 11.8 Å². The monoisotopic (exact) mass is 255 g/mol. The van der Waals surface area contributed by atoms with Gasteiger partial charge in [0.1, 0.15) is 0 Å². The van der Waals surface area contributed by atoms with Crippen LogP contribution in [-0.4, -0.2) is 60.1 Å².